The van der Waals surface area contributed by atoms with E-state index in [4.69, 9.17) is 16.3 Å². The largest absolute Gasteiger partial charge is 0.461 e. The summed E-state index contributed by atoms with van der Waals surface area (Å²) in [5.41, 5.74) is 0.531. The van der Waals surface area contributed by atoms with Gasteiger partial charge in [0.2, 0.25) is 5.91 Å². The number of carbonyl (C=O) groups excluding carboxylic acids is 3. The molecule has 4 rings (SSSR count). The number of aliphatic hydroxyl groups excluding tert-OH is 1. The molecule has 10 heteroatoms. The highest BCUT2D eigenvalue weighted by Gasteiger charge is 2.76. The number of anilines is 1. The number of rotatable bonds is 10. The minimum Gasteiger partial charge on any atom is -0.461 e. The van der Waals surface area contributed by atoms with Gasteiger partial charge in [0.15, 0.2) is 0 Å². The van der Waals surface area contributed by atoms with E-state index in [1.165, 1.54) is 17.8 Å². The molecular weight excluding hydrogens is 556 g/mol. The van der Waals surface area contributed by atoms with Crippen LogP contribution in [0.3, 0.4) is 0 Å². The number of aliphatic hydroxyl groups is 1. The van der Waals surface area contributed by atoms with Gasteiger partial charge < -0.3 is 19.6 Å². The van der Waals surface area contributed by atoms with Crippen molar-refractivity contribution in [3.8, 4) is 0 Å². The quantitative estimate of drug-likeness (QED) is 0.258. The Labute approximate surface area is 222 Å². The first kappa shape index (κ1) is 26.3. The van der Waals surface area contributed by atoms with Gasteiger partial charge in [-0.05, 0) is 25.0 Å². The molecule has 1 N–H and O–H groups in total. The van der Waals surface area contributed by atoms with E-state index < -0.39 is 28.6 Å². The lowest BCUT2D eigenvalue weighted by Gasteiger charge is -2.38. The Morgan fingerprint density at radius 1 is 1.34 bits per heavy atom. The number of alkyl halides is 1. The lowest BCUT2D eigenvalue weighted by atomic mass is 9.71. The van der Waals surface area contributed by atoms with Crippen molar-refractivity contribution in [3.05, 3.63) is 54.6 Å². The summed E-state index contributed by atoms with van der Waals surface area (Å²) in [5.74, 6) is -2.33. The van der Waals surface area contributed by atoms with Gasteiger partial charge in [0.1, 0.15) is 12.6 Å². The predicted molar refractivity (Wildman–Crippen MR) is 141 cm³/mol. The molecule has 3 heterocycles. The Balaban J connectivity index is 1.78. The van der Waals surface area contributed by atoms with Crippen LogP contribution in [0.5, 0.6) is 0 Å². The molecule has 3 aliphatic heterocycles. The lowest BCUT2D eigenvalue weighted by Crippen LogP contribution is -2.55. The fourth-order valence-corrected chi connectivity index (χ4v) is 9.48. The second-order valence-electron chi connectivity index (χ2n) is 8.88. The highest BCUT2D eigenvalue weighted by molar-refractivity contribution is 9.09. The second kappa shape index (κ2) is 10.7. The number of esters is 1. The molecule has 35 heavy (non-hydrogen) atoms. The maximum Gasteiger partial charge on any atom is 0.311 e. The molecule has 1 aromatic rings. The van der Waals surface area contributed by atoms with Crippen molar-refractivity contribution in [2.24, 2.45) is 11.8 Å². The van der Waals surface area contributed by atoms with Crippen LogP contribution in [-0.4, -0.2) is 75.0 Å². The third kappa shape index (κ3) is 4.34. The third-order valence-electron chi connectivity index (χ3n) is 6.92. The van der Waals surface area contributed by atoms with Gasteiger partial charge in [-0.15, -0.1) is 18.3 Å². The fourth-order valence-electron chi connectivity index (χ4n) is 5.65. The van der Waals surface area contributed by atoms with Crippen LogP contribution in [0.4, 0.5) is 5.69 Å². The second-order valence-corrected chi connectivity index (χ2v) is 12.0. The summed E-state index contributed by atoms with van der Waals surface area (Å²) < 4.78 is 4.58. The van der Waals surface area contributed by atoms with Crippen LogP contribution in [0.15, 0.2) is 49.6 Å². The number of halogens is 2. The molecule has 2 bridgehead atoms. The Morgan fingerprint density at radius 2 is 2.09 bits per heavy atom. The van der Waals surface area contributed by atoms with Crippen LogP contribution in [0.2, 0.25) is 5.02 Å². The Bertz CT molecular complexity index is 1040. The molecule has 1 aromatic carbocycles. The van der Waals surface area contributed by atoms with E-state index in [2.05, 4.69) is 29.1 Å². The van der Waals surface area contributed by atoms with Crippen molar-refractivity contribution in [1.82, 2.24) is 4.90 Å². The monoisotopic (exact) mass is 582 g/mol. The smallest absolute Gasteiger partial charge is 0.311 e. The number of likely N-dealkylation sites (tertiary alicyclic amines) is 1. The molecule has 188 valence electrons. The zero-order valence-electron chi connectivity index (χ0n) is 19.1. The first-order valence-electron chi connectivity index (χ1n) is 11.5. The molecule has 3 aliphatic rings. The molecule has 3 saturated heterocycles. The minimum atomic E-state index is -0.824. The SMILES string of the molecule is C=CCOC(=O)[C@H]1[C@H]2C(=O)N(CCCO)C(C(=O)N(CC=C)c3ccccc3Cl)C23CC(Br)[C@@H]1S3. The normalized spacial score (nSPS) is 30.8. The highest BCUT2D eigenvalue weighted by atomic mass is 79.9. The first-order chi connectivity index (χ1) is 16.8. The molecule has 0 saturated carbocycles. The number of para-hydroxylation sites is 1. The van der Waals surface area contributed by atoms with Gasteiger partial charge in [-0.2, -0.15) is 0 Å². The van der Waals surface area contributed by atoms with Crippen LogP contribution in [0.25, 0.3) is 0 Å². The van der Waals surface area contributed by atoms with Crippen molar-refractivity contribution < 1.29 is 24.2 Å². The van der Waals surface area contributed by atoms with Crippen LogP contribution in [0, 0.1) is 11.8 Å². The van der Waals surface area contributed by atoms with Crippen molar-refractivity contribution in [2.75, 3.05) is 31.2 Å². The number of hydrogen-bond acceptors (Lipinski definition) is 6. The lowest BCUT2D eigenvalue weighted by molar-refractivity contribution is -0.153. The number of hydrogen-bond donors (Lipinski definition) is 1. The number of carbonyl (C=O) groups is 3. The topological polar surface area (TPSA) is 87.1 Å². The molecule has 0 radical (unpaired) electrons. The molecule has 1 spiro atoms. The molecule has 0 aliphatic carbocycles. The summed E-state index contributed by atoms with van der Waals surface area (Å²) in [4.78, 5) is 44.3. The molecule has 7 nitrogen and oxygen atoms in total. The van der Waals surface area contributed by atoms with E-state index in [-0.39, 0.29) is 48.2 Å². The Morgan fingerprint density at radius 3 is 2.74 bits per heavy atom. The molecular formula is C25H28BrClN2O5S. The Kier molecular flexibility index (Phi) is 8.00. The van der Waals surface area contributed by atoms with Crippen molar-refractivity contribution in [1.29, 1.82) is 0 Å². The summed E-state index contributed by atoms with van der Waals surface area (Å²) in [6, 6.07) is 6.23. The number of benzene rings is 1. The molecule has 3 fully saturated rings. The van der Waals surface area contributed by atoms with Gasteiger partial charge in [0.05, 0.1) is 27.3 Å². The number of ether oxygens (including phenoxy) is 1. The Hall–Kier alpha value is -1.81. The summed E-state index contributed by atoms with van der Waals surface area (Å²) in [6.07, 6.45) is 3.99. The van der Waals surface area contributed by atoms with E-state index in [0.29, 0.717) is 23.6 Å². The van der Waals surface area contributed by atoms with Gasteiger partial charge in [-0.1, -0.05) is 58.4 Å². The van der Waals surface area contributed by atoms with E-state index in [9.17, 15) is 19.5 Å². The fraction of sp³-hybridized carbons (Fsp3) is 0.480. The van der Waals surface area contributed by atoms with Crippen molar-refractivity contribution >= 4 is 62.8 Å². The van der Waals surface area contributed by atoms with Crippen LogP contribution >= 0.6 is 39.3 Å². The molecule has 6 atom stereocenters. The predicted octanol–water partition coefficient (Wildman–Crippen LogP) is 3.44. The summed E-state index contributed by atoms with van der Waals surface area (Å²) in [7, 11) is 0. The van der Waals surface area contributed by atoms with Crippen LogP contribution < -0.4 is 4.90 Å². The average Bonchev–Trinajstić information content (AvgIpc) is 3.43. The van der Waals surface area contributed by atoms with Gasteiger partial charge in [-0.25, -0.2) is 0 Å². The maximum atomic E-state index is 14.3. The van der Waals surface area contributed by atoms with E-state index in [0.717, 1.165) is 0 Å². The molecule has 0 aromatic heterocycles. The minimum absolute atomic E-state index is 0.0564. The van der Waals surface area contributed by atoms with E-state index in [1.807, 2.05) is 0 Å². The van der Waals surface area contributed by atoms with Gasteiger partial charge in [0, 0.05) is 29.8 Å². The highest BCUT2D eigenvalue weighted by Crippen LogP contribution is 2.68. The number of nitrogens with zero attached hydrogens (tertiary/aromatic N) is 2. The number of amides is 2. The van der Waals surface area contributed by atoms with Crippen molar-refractivity contribution in [2.45, 2.75) is 33.7 Å². The first-order valence-corrected chi connectivity index (χ1v) is 13.7. The van der Waals surface area contributed by atoms with Crippen LogP contribution in [-0.2, 0) is 19.1 Å². The standard InChI is InChI=1S/C25H28BrClN2O5S/c1-3-10-28(17-9-6-5-8-16(17)27)23(32)21-25-14-15(26)20(35-25)18(24(33)34-13-4-2)19(25)22(31)29(21)11-7-12-30/h3-6,8-9,15,18-21,30H,1-2,7,10-14H2/t15?,18-,19-,20-,21?,25?/m0/s1. The molecule has 3 unspecified atom stereocenters. The van der Waals surface area contributed by atoms with Gasteiger partial charge >= 0.3 is 5.97 Å². The zero-order chi connectivity index (χ0) is 25.3. The van der Waals surface area contributed by atoms with E-state index >= 15 is 0 Å². The van der Waals surface area contributed by atoms with Gasteiger partial charge in [-0.3, -0.25) is 14.4 Å². The zero-order valence-corrected chi connectivity index (χ0v) is 22.3. The van der Waals surface area contributed by atoms with Crippen molar-refractivity contribution in [3.63, 3.8) is 0 Å². The van der Waals surface area contributed by atoms with Gasteiger partial charge in [0.25, 0.3) is 5.91 Å². The summed E-state index contributed by atoms with van der Waals surface area (Å²) in [6.45, 7) is 7.76. The average molecular weight is 584 g/mol. The maximum absolute atomic E-state index is 14.3. The summed E-state index contributed by atoms with van der Waals surface area (Å²) >= 11 is 11.7. The van der Waals surface area contributed by atoms with E-state index in [1.54, 1.807) is 40.1 Å². The molecule has 2 amide bonds. The third-order valence-corrected chi connectivity index (χ3v) is 10.5. The summed E-state index contributed by atoms with van der Waals surface area (Å²) in [5, 5.41) is 9.72. The van der Waals surface area contributed by atoms with Crippen LogP contribution in [0.1, 0.15) is 12.8 Å². The number of thioether (sulfide) groups is 1. The number of fused-ring (bicyclic) bond motifs is 1.